The van der Waals surface area contributed by atoms with Gasteiger partial charge in [-0.15, -0.1) is 0 Å². The fourth-order valence-corrected chi connectivity index (χ4v) is 5.05. The molecule has 6 heteroatoms. The summed E-state index contributed by atoms with van der Waals surface area (Å²) in [5.41, 5.74) is 0. The molecular formula is C17H29N5S. The van der Waals surface area contributed by atoms with Crippen LogP contribution in [-0.4, -0.2) is 52.6 Å². The van der Waals surface area contributed by atoms with Gasteiger partial charge in [0.1, 0.15) is 5.82 Å². The molecule has 3 rings (SSSR count). The topological polar surface area (TPSA) is 45.2 Å². The minimum Gasteiger partial charge on any atom is -0.347 e. The van der Waals surface area contributed by atoms with Gasteiger partial charge in [-0.05, 0) is 12.8 Å². The standard InChI is InChI=1S/C17H29N5S/c1-13(2)14-18-15(21(3)4)20-16(19-14)22-10-11-23-17(12-22)8-6-5-7-9-17/h13H,5-12H2,1-4H3. The number of thioether (sulfide) groups is 1. The lowest BCUT2D eigenvalue weighted by Crippen LogP contribution is -2.48. The molecule has 0 amide bonds. The molecule has 0 N–H and O–H groups in total. The Morgan fingerprint density at radius 2 is 1.83 bits per heavy atom. The van der Waals surface area contributed by atoms with E-state index < -0.39 is 0 Å². The Morgan fingerprint density at radius 3 is 2.48 bits per heavy atom. The van der Waals surface area contributed by atoms with Crippen molar-refractivity contribution in [2.45, 2.75) is 56.6 Å². The summed E-state index contributed by atoms with van der Waals surface area (Å²) in [6, 6.07) is 0. The highest BCUT2D eigenvalue weighted by atomic mass is 32.2. The van der Waals surface area contributed by atoms with Crippen molar-refractivity contribution in [2.75, 3.05) is 42.7 Å². The van der Waals surface area contributed by atoms with Gasteiger partial charge in [0.05, 0.1) is 0 Å². The van der Waals surface area contributed by atoms with Crippen molar-refractivity contribution in [3.05, 3.63) is 5.82 Å². The van der Waals surface area contributed by atoms with Crippen molar-refractivity contribution < 1.29 is 0 Å². The zero-order chi connectivity index (χ0) is 16.4. The Labute approximate surface area is 144 Å². The Bertz CT molecular complexity index is 508. The van der Waals surface area contributed by atoms with Crippen molar-refractivity contribution in [3.8, 4) is 0 Å². The minimum absolute atomic E-state index is 0.318. The highest BCUT2D eigenvalue weighted by Crippen LogP contribution is 2.43. The Morgan fingerprint density at radius 1 is 1.09 bits per heavy atom. The van der Waals surface area contributed by atoms with Crippen LogP contribution in [-0.2, 0) is 0 Å². The average molecular weight is 336 g/mol. The van der Waals surface area contributed by atoms with E-state index >= 15 is 0 Å². The zero-order valence-corrected chi connectivity index (χ0v) is 15.7. The Hall–Kier alpha value is -1.04. The van der Waals surface area contributed by atoms with Gasteiger partial charge in [0.2, 0.25) is 11.9 Å². The number of anilines is 2. The molecule has 0 aromatic carbocycles. The Kier molecular flexibility index (Phi) is 4.99. The van der Waals surface area contributed by atoms with E-state index in [0.717, 1.165) is 30.8 Å². The molecule has 1 aliphatic heterocycles. The summed E-state index contributed by atoms with van der Waals surface area (Å²) >= 11 is 2.18. The van der Waals surface area contributed by atoms with Crippen LogP contribution < -0.4 is 9.80 Å². The highest BCUT2D eigenvalue weighted by Gasteiger charge is 2.38. The van der Waals surface area contributed by atoms with E-state index in [0.29, 0.717) is 10.7 Å². The fourth-order valence-electron chi connectivity index (χ4n) is 3.48. The van der Waals surface area contributed by atoms with Gasteiger partial charge in [-0.1, -0.05) is 33.1 Å². The third-order valence-electron chi connectivity index (χ3n) is 4.84. The number of aromatic nitrogens is 3. The molecule has 1 aliphatic carbocycles. The molecule has 1 aromatic heterocycles. The van der Waals surface area contributed by atoms with Crippen LogP contribution in [0.15, 0.2) is 0 Å². The molecule has 23 heavy (non-hydrogen) atoms. The summed E-state index contributed by atoms with van der Waals surface area (Å²) in [6.45, 7) is 6.42. The van der Waals surface area contributed by atoms with Crippen LogP contribution >= 0.6 is 11.8 Å². The van der Waals surface area contributed by atoms with E-state index in [4.69, 9.17) is 9.97 Å². The molecule has 1 saturated carbocycles. The molecule has 0 bridgehead atoms. The van der Waals surface area contributed by atoms with Gasteiger partial charge < -0.3 is 9.80 Å². The molecule has 2 fully saturated rings. The SMILES string of the molecule is CC(C)c1nc(N(C)C)nc(N2CCSC3(CCCCC3)C2)n1. The second kappa shape index (κ2) is 6.83. The molecule has 0 radical (unpaired) electrons. The third-order valence-corrected chi connectivity index (χ3v) is 6.38. The summed E-state index contributed by atoms with van der Waals surface area (Å²) in [7, 11) is 4.00. The van der Waals surface area contributed by atoms with Gasteiger partial charge in [0, 0.05) is 43.6 Å². The highest BCUT2D eigenvalue weighted by molar-refractivity contribution is 8.00. The average Bonchev–Trinajstić information content (AvgIpc) is 2.55. The molecule has 0 unspecified atom stereocenters. The van der Waals surface area contributed by atoms with Crippen LogP contribution in [0.4, 0.5) is 11.9 Å². The summed E-state index contributed by atoms with van der Waals surface area (Å²) in [5.74, 6) is 4.04. The van der Waals surface area contributed by atoms with Crippen LogP contribution in [0.5, 0.6) is 0 Å². The van der Waals surface area contributed by atoms with Crippen LogP contribution in [0.1, 0.15) is 57.7 Å². The molecule has 128 valence electrons. The molecule has 0 atom stereocenters. The number of nitrogens with zero attached hydrogens (tertiary/aromatic N) is 5. The van der Waals surface area contributed by atoms with Gasteiger partial charge in [0.25, 0.3) is 0 Å². The first-order chi connectivity index (χ1) is 11.0. The zero-order valence-electron chi connectivity index (χ0n) is 14.9. The second-order valence-corrected chi connectivity index (χ2v) is 8.92. The predicted molar refractivity (Wildman–Crippen MR) is 98.7 cm³/mol. The maximum Gasteiger partial charge on any atom is 0.230 e. The lowest BCUT2D eigenvalue weighted by atomic mass is 9.87. The summed E-state index contributed by atoms with van der Waals surface area (Å²) in [6.07, 6.45) is 6.83. The summed E-state index contributed by atoms with van der Waals surface area (Å²) < 4.78 is 0.430. The molecule has 2 heterocycles. The normalized spacial score (nSPS) is 21.0. The summed E-state index contributed by atoms with van der Waals surface area (Å²) in [5, 5.41) is 0. The van der Waals surface area contributed by atoms with Gasteiger partial charge >= 0.3 is 0 Å². The van der Waals surface area contributed by atoms with Crippen molar-refractivity contribution in [3.63, 3.8) is 0 Å². The first-order valence-electron chi connectivity index (χ1n) is 8.81. The summed E-state index contributed by atoms with van der Waals surface area (Å²) in [4.78, 5) is 18.5. The van der Waals surface area contributed by atoms with Crippen molar-refractivity contribution >= 4 is 23.7 Å². The fraction of sp³-hybridized carbons (Fsp3) is 0.824. The van der Waals surface area contributed by atoms with E-state index in [1.807, 2.05) is 19.0 Å². The van der Waals surface area contributed by atoms with E-state index in [2.05, 4.69) is 35.5 Å². The molecular weight excluding hydrogens is 306 g/mol. The minimum atomic E-state index is 0.318. The predicted octanol–water partition coefficient (Wildman–Crippen LogP) is 3.32. The first-order valence-corrected chi connectivity index (χ1v) is 9.80. The molecule has 2 aliphatic rings. The molecule has 1 aromatic rings. The van der Waals surface area contributed by atoms with Gasteiger partial charge in [-0.2, -0.15) is 26.7 Å². The van der Waals surface area contributed by atoms with Crippen LogP contribution in [0, 0.1) is 0 Å². The van der Waals surface area contributed by atoms with E-state index in [1.54, 1.807) is 0 Å². The lowest BCUT2D eigenvalue weighted by molar-refractivity contribution is 0.389. The molecule has 5 nitrogen and oxygen atoms in total. The van der Waals surface area contributed by atoms with Crippen LogP contribution in [0.3, 0.4) is 0 Å². The van der Waals surface area contributed by atoms with Gasteiger partial charge in [-0.25, -0.2) is 0 Å². The lowest BCUT2D eigenvalue weighted by Gasteiger charge is -2.44. The van der Waals surface area contributed by atoms with Crippen LogP contribution in [0.25, 0.3) is 0 Å². The smallest absolute Gasteiger partial charge is 0.230 e. The van der Waals surface area contributed by atoms with Crippen LogP contribution in [0.2, 0.25) is 0 Å². The molecule has 1 spiro atoms. The maximum atomic E-state index is 4.78. The van der Waals surface area contributed by atoms with Crippen molar-refractivity contribution in [1.82, 2.24) is 15.0 Å². The van der Waals surface area contributed by atoms with Gasteiger partial charge in [-0.3, -0.25) is 0 Å². The third kappa shape index (κ3) is 3.73. The first kappa shape index (κ1) is 16.8. The molecule has 1 saturated heterocycles. The second-order valence-electron chi connectivity index (χ2n) is 7.36. The van der Waals surface area contributed by atoms with E-state index in [-0.39, 0.29) is 0 Å². The van der Waals surface area contributed by atoms with E-state index in [9.17, 15) is 0 Å². The maximum absolute atomic E-state index is 4.78. The largest absolute Gasteiger partial charge is 0.347 e. The Balaban J connectivity index is 1.87. The quantitative estimate of drug-likeness (QED) is 0.844. The number of rotatable bonds is 3. The van der Waals surface area contributed by atoms with Crippen molar-refractivity contribution in [1.29, 1.82) is 0 Å². The number of hydrogen-bond donors (Lipinski definition) is 0. The number of hydrogen-bond acceptors (Lipinski definition) is 6. The van der Waals surface area contributed by atoms with Gasteiger partial charge in [0.15, 0.2) is 0 Å². The van der Waals surface area contributed by atoms with E-state index in [1.165, 1.54) is 37.9 Å². The monoisotopic (exact) mass is 335 g/mol. The van der Waals surface area contributed by atoms with Crippen molar-refractivity contribution in [2.24, 2.45) is 0 Å².